The van der Waals surface area contributed by atoms with Crippen LogP contribution in [0.5, 0.6) is 0 Å². The van der Waals surface area contributed by atoms with Crippen LogP contribution in [-0.4, -0.2) is 27.7 Å². The van der Waals surface area contributed by atoms with Crippen LogP contribution in [0.1, 0.15) is 82.9 Å². The van der Waals surface area contributed by atoms with Gasteiger partial charge in [-0.1, -0.05) is 50.5 Å². The summed E-state index contributed by atoms with van der Waals surface area (Å²) in [6.45, 7) is 7.10. The van der Waals surface area contributed by atoms with Crippen LogP contribution in [0, 0.1) is 0 Å². The first-order valence-electron chi connectivity index (χ1n) is 12.0. The van der Waals surface area contributed by atoms with Crippen LogP contribution in [-0.2, 0) is 16.6 Å². The third-order valence-electron chi connectivity index (χ3n) is 7.57. The van der Waals surface area contributed by atoms with Gasteiger partial charge >= 0.3 is 0 Å². The van der Waals surface area contributed by atoms with Crippen molar-refractivity contribution < 1.29 is 4.74 Å². The smallest absolute Gasteiger partial charge is 0.270 e. The molecule has 3 aliphatic rings. The second-order valence-corrected chi connectivity index (χ2v) is 11.4. The van der Waals surface area contributed by atoms with E-state index in [0.717, 1.165) is 41.2 Å². The van der Waals surface area contributed by atoms with Gasteiger partial charge in [0.2, 0.25) is 0 Å². The van der Waals surface area contributed by atoms with Crippen molar-refractivity contribution in [2.24, 2.45) is 0 Å². The molecular formula is C26H34N2O2S. The van der Waals surface area contributed by atoms with Gasteiger partial charge in [0.25, 0.3) is 5.56 Å². The maximum absolute atomic E-state index is 14.0. The highest BCUT2D eigenvalue weighted by Crippen LogP contribution is 2.51. The lowest BCUT2D eigenvalue weighted by Crippen LogP contribution is -2.43. The van der Waals surface area contributed by atoms with Gasteiger partial charge in [0.15, 0.2) is 0 Å². The molecule has 1 saturated carbocycles. The summed E-state index contributed by atoms with van der Waals surface area (Å²) in [4.78, 5) is 14.0. The lowest BCUT2D eigenvalue weighted by atomic mass is 9.61. The van der Waals surface area contributed by atoms with Crippen LogP contribution >= 0.6 is 11.8 Å². The zero-order valence-corrected chi connectivity index (χ0v) is 19.9. The Kier molecular flexibility index (Phi) is 5.54. The average Bonchev–Trinajstić information content (AvgIpc) is 2.76. The lowest BCUT2D eigenvalue weighted by molar-refractivity contribution is -0.0717. The van der Waals surface area contributed by atoms with E-state index in [9.17, 15) is 4.79 Å². The van der Waals surface area contributed by atoms with Gasteiger partial charge in [-0.15, -0.1) is 11.8 Å². The summed E-state index contributed by atoms with van der Waals surface area (Å²) in [6, 6.07) is 8.95. The summed E-state index contributed by atoms with van der Waals surface area (Å²) >= 11 is 1.77. The molecule has 2 aromatic rings. The van der Waals surface area contributed by atoms with Crippen molar-refractivity contribution in [1.29, 1.82) is 0 Å². The summed E-state index contributed by atoms with van der Waals surface area (Å²) in [6.07, 6.45) is 8.75. The number of rotatable bonds is 3. The maximum Gasteiger partial charge on any atom is 0.270 e. The molecule has 1 atom stereocenters. The standard InChI is InChI=1S/C26H34N2O2S/c1-4-31-23-22-19-10-6-7-11-21(19)26(13-8-5-9-14-26)17-20(22)24(29)28(27-23)18-12-15-30-25(2,3)16-18/h6-7,10-11,18H,4-5,8-9,12-17H2,1-3H3. The number of hydrogen-bond acceptors (Lipinski definition) is 4. The molecule has 5 heteroatoms. The molecule has 0 amide bonds. The Morgan fingerprint density at radius 1 is 1.19 bits per heavy atom. The summed E-state index contributed by atoms with van der Waals surface area (Å²) in [5, 5.41) is 6.04. The van der Waals surface area contributed by atoms with E-state index in [2.05, 4.69) is 45.0 Å². The van der Waals surface area contributed by atoms with E-state index in [0.29, 0.717) is 6.61 Å². The molecule has 1 aromatic heterocycles. The molecule has 2 fully saturated rings. The van der Waals surface area contributed by atoms with E-state index >= 15 is 0 Å². The largest absolute Gasteiger partial charge is 0.375 e. The molecule has 1 aromatic carbocycles. The molecule has 0 bridgehead atoms. The molecular weight excluding hydrogens is 404 g/mol. The molecule has 1 spiro atoms. The van der Waals surface area contributed by atoms with Gasteiger partial charge in [0, 0.05) is 23.1 Å². The Morgan fingerprint density at radius 2 is 1.97 bits per heavy atom. The highest BCUT2D eigenvalue weighted by atomic mass is 32.2. The Bertz CT molecular complexity index is 1040. The van der Waals surface area contributed by atoms with E-state index < -0.39 is 0 Å². The molecule has 2 aliphatic carbocycles. The first kappa shape index (κ1) is 21.3. The van der Waals surface area contributed by atoms with Gasteiger partial charge in [-0.25, -0.2) is 4.68 Å². The number of fused-ring (bicyclic) bond motifs is 4. The second-order valence-electron chi connectivity index (χ2n) is 10.2. The summed E-state index contributed by atoms with van der Waals surface area (Å²) < 4.78 is 7.77. The number of benzene rings is 1. The number of aromatic nitrogens is 2. The Morgan fingerprint density at radius 3 is 2.71 bits per heavy atom. The van der Waals surface area contributed by atoms with Crippen molar-refractivity contribution in [2.45, 2.75) is 94.2 Å². The highest BCUT2D eigenvalue weighted by molar-refractivity contribution is 7.99. The van der Waals surface area contributed by atoms with Crippen molar-refractivity contribution >= 4 is 11.8 Å². The molecule has 1 unspecified atom stereocenters. The van der Waals surface area contributed by atoms with Crippen LogP contribution in [0.2, 0.25) is 0 Å². The van der Waals surface area contributed by atoms with E-state index in [1.807, 2.05) is 4.68 Å². The van der Waals surface area contributed by atoms with Crippen LogP contribution in [0.15, 0.2) is 34.1 Å². The van der Waals surface area contributed by atoms with Crippen molar-refractivity contribution in [3.63, 3.8) is 0 Å². The number of thioether (sulfide) groups is 1. The van der Waals surface area contributed by atoms with Crippen molar-refractivity contribution in [1.82, 2.24) is 9.78 Å². The highest BCUT2D eigenvalue weighted by Gasteiger charge is 2.42. The number of nitrogens with zero attached hydrogens (tertiary/aromatic N) is 2. The Balaban J connectivity index is 1.71. The third kappa shape index (κ3) is 3.68. The number of ether oxygens (including phenoxy) is 1. The predicted molar refractivity (Wildman–Crippen MR) is 127 cm³/mol. The Labute approximate surface area is 189 Å². The van der Waals surface area contributed by atoms with Gasteiger partial charge < -0.3 is 4.74 Å². The van der Waals surface area contributed by atoms with Crippen LogP contribution in [0.3, 0.4) is 0 Å². The summed E-state index contributed by atoms with van der Waals surface area (Å²) in [5.41, 5.74) is 4.87. The van der Waals surface area contributed by atoms with Crippen LogP contribution in [0.4, 0.5) is 0 Å². The summed E-state index contributed by atoms with van der Waals surface area (Å²) in [5.74, 6) is 0.949. The maximum atomic E-state index is 14.0. The minimum absolute atomic E-state index is 0.109. The zero-order chi connectivity index (χ0) is 21.6. The molecule has 166 valence electrons. The van der Waals surface area contributed by atoms with E-state index in [1.54, 1.807) is 11.8 Å². The molecule has 5 rings (SSSR count). The predicted octanol–water partition coefficient (Wildman–Crippen LogP) is 5.91. The van der Waals surface area contributed by atoms with Gasteiger partial charge in [-0.05, 0) is 62.8 Å². The summed E-state index contributed by atoms with van der Waals surface area (Å²) in [7, 11) is 0. The van der Waals surface area contributed by atoms with Gasteiger partial charge in [-0.3, -0.25) is 4.79 Å². The minimum Gasteiger partial charge on any atom is -0.375 e. The third-order valence-corrected chi connectivity index (χ3v) is 8.42. The molecule has 2 heterocycles. The van der Waals surface area contributed by atoms with E-state index in [4.69, 9.17) is 9.84 Å². The first-order chi connectivity index (χ1) is 14.9. The fourth-order valence-corrected chi connectivity index (χ4v) is 6.97. The molecule has 1 saturated heterocycles. The first-order valence-corrected chi connectivity index (χ1v) is 12.9. The minimum atomic E-state index is -0.213. The average molecular weight is 439 g/mol. The van der Waals surface area contributed by atoms with Gasteiger partial charge in [-0.2, -0.15) is 5.10 Å². The van der Waals surface area contributed by atoms with Gasteiger partial charge in [0.1, 0.15) is 5.03 Å². The van der Waals surface area contributed by atoms with Crippen molar-refractivity contribution in [2.75, 3.05) is 12.4 Å². The SMILES string of the molecule is CCSc1nn(C2CCOC(C)(C)C2)c(=O)c2c1-c1ccccc1C1(CCCCC1)C2. The normalized spacial score (nSPS) is 23.9. The van der Waals surface area contributed by atoms with Crippen LogP contribution in [0.25, 0.3) is 11.1 Å². The second kappa shape index (κ2) is 8.08. The zero-order valence-electron chi connectivity index (χ0n) is 19.1. The van der Waals surface area contributed by atoms with Crippen molar-refractivity contribution in [3.05, 3.63) is 45.7 Å². The number of hydrogen-bond donors (Lipinski definition) is 0. The molecule has 31 heavy (non-hydrogen) atoms. The Hall–Kier alpha value is -1.59. The van der Waals surface area contributed by atoms with E-state index in [1.165, 1.54) is 43.2 Å². The van der Waals surface area contributed by atoms with Crippen molar-refractivity contribution in [3.8, 4) is 11.1 Å². The molecule has 4 nitrogen and oxygen atoms in total. The quantitative estimate of drug-likeness (QED) is 0.559. The fraction of sp³-hybridized carbons (Fsp3) is 0.615. The lowest BCUT2D eigenvalue weighted by Gasteiger charge is -2.43. The van der Waals surface area contributed by atoms with E-state index in [-0.39, 0.29) is 22.6 Å². The topological polar surface area (TPSA) is 44.1 Å². The van der Waals surface area contributed by atoms with Crippen LogP contribution < -0.4 is 5.56 Å². The molecule has 0 radical (unpaired) electrons. The van der Waals surface area contributed by atoms with Gasteiger partial charge in [0.05, 0.1) is 11.6 Å². The molecule has 1 aliphatic heterocycles. The fourth-order valence-electron chi connectivity index (χ4n) is 6.17. The molecule has 0 N–H and O–H groups in total. The monoisotopic (exact) mass is 438 g/mol.